The second-order valence-electron chi connectivity index (χ2n) is 13.7. The summed E-state index contributed by atoms with van der Waals surface area (Å²) in [6.07, 6.45) is 2.16. The fourth-order valence-electron chi connectivity index (χ4n) is 5.83. The number of rotatable bonds is 10. The van der Waals surface area contributed by atoms with Crippen molar-refractivity contribution in [1.82, 2.24) is 15.0 Å². The Morgan fingerprint density at radius 2 is 1.06 bits per heavy atom. The summed E-state index contributed by atoms with van der Waals surface area (Å²) in [6.45, 7) is 3.82. The first kappa shape index (κ1) is 43.0. The molecule has 3 heterocycles. The number of hydrogen-bond acceptors (Lipinski definition) is 9. The highest BCUT2D eigenvalue weighted by Gasteiger charge is 2.30. The lowest BCUT2D eigenvalue weighted by atomic mass is 10.2. The van der Waals surface area contributed by atoms with Crippen LogP contribution in [0.25, 0.3) is 22.6 Å². The van der Waals surface area contributed by atoms with Crippen molar-refractivity contribution in [2.24, 2.45) is 0 Å². The van der Waals surface area contributed by atoms with Gasteiger partial charge in [0.1, 0.15) is 0 Å². The Morgan fingerprint density at radius 1 is 0.556 bits per heavy atom. The quantitative estimate of drug-likeness (QED) is 0.0782. The number of nitrogens with one attached hydrogen (secondary N) is 6. The number of alkyl halides is 3. The Labute approximate surface area is 363 Å². The van der Waals surface area contributed by atoms with Gasteiger partial charge in [-0.05, 0) is 104 Å². The molecule has 0 aliphatic carbocycles. The molecule has 0 fully saturated rings. The molecule has 0 atom stereocenters. The minimum absolute atomic E-state index is 0.0287. The van der Waals surface area contributed by atoms with Crippen molar-refractivity contribution in [3.8, 4) is 22.6 Å². The number of hydrogen-bond donors (Lipinski definition) is 6. The number of amides is 4. The largest absolute Gasteiger partial charge is 0.423 e. The van der Waals surface area contributed by atoms with E-state index < -0.39 is 17.8 Å². The summed E-state index contributed by atoms with van der Waals surface area (Å²) in [6, 6.07) is 34.8. The lowest BCUT2D eigenvalue weighted by Crippen LogP contribution is -2.20. The number of nitrogens with zero attached hydrogens (tertiary/aromatic N) is 3. The summed E-state index contributed by atoms with van der Waals surface area (Å²) >= 11 is 5.86. The van der Waals surface area contributed by atoms with Crippen LogP contribution in [0, 0.1) is 13.8 Å². The molecule has 318 valence electrons. The number of carbonyl (C=O) groups excluding carboxylic acids is 2. The topological polar surface area (TPSA) is 171 Å². The van der Waals surface area contributed by atoms with E-state index in [4.69, 9.17) is 20.4 Å². The molecular formula is C46H37ClF3N9O4. The molecular weight excluding hydrogens is 835 g/mol. The van der Waals surface area contributed by atoms with E-state index >= 15 is 0 Å². The smallest absolute Gasteiger partial charge is 0.416 e. The Hall–Kier alpha value is -8.11. The van der Waals surface area contributed by atoms with E-state index in [-0.39, 0.29) is 17.7 Å². The van der Waals surface area contributed by atoms with Gasteiger partial charge < -0.3 is 40.7 Å². The van der Waals surface area contributed by atoms with Crippen molar-refractivity contribution in [2.45, 2.75) is 20.0 Å². The van der Waals surface area contributed by atoms with Crippen LogP contribution in [0.5, 0.6) is 0 Å². The summed E-state index contributed by atoms with van der Waals surface area (Å²) in [5.41, 5.74) is 5.86. The van der Waals surface area contributed by atoms with Crippen LogP contribution in [0.4, 0.5) is 68.9 Å². The summed E-state index contributed by atoms with van der Waals surface area (Å²) in [5.74, 6) is 1.21. The Balaban J connectivity index is 0.000000190. The number of urea groups is 2. The number of benzene rings is 5. The molecule has 8 rings (SSSR count). The fourth-order valence-corrected chi connectivity index (χ4v) is 5.96. The van der Waals surface area contributed by atoms with Gasteiger partial charge in [-0.3, -0.25) is 4.98 Å². The normalized spacial score (nSPS) is 10.8. The standard InChI is InChI=1S/C24H19F3N4O2.C22H18ClN5O2/c1-15-10-11-19(30-22(32)29-18-9-5-8-17(12-18)24(25,26)27)13-20(15)31-23-28-14-21(33-23)16-6-3-2-4-7-16;1-14-4-7-18(27-21(29)26-17-8-5-16(23)6-9-17)11-19(14)28-22-25-13-20(30-22)15-3-2-10-24-12-15/h2-14H,1H3,(H,28,31)(H2,29,30,32);2-13H,1H3,(H,25,28)(H2,26,27,29). The number of aryl methyl sites for hydroxylation is 2. The van der Waals surface area contributed by atoms with Gasteiger partial charge in [0.2, 0.25) is 0 Å². The number of aromatic nitrogens is 3. The zero-order valence-corrected chi connectivity index (χ0v) is 34.2. The van der Waals surface area contributed by atoms with Crippen LogP contribution in [0.15, 0.2) is 161 Å². The van der Waals surface area contributed by atoms with Crippen molar-refractivity contribution >= 4 is 69.8 Å². The third-order valence-electron chi connectivity index (χ3n) is 9.04. The average Bonchev–Trinajstić information content (AvgIpc) is 3.95. The van der Waals surface area contributed by atoms with Crippen molar-refractivity contribution in [1.29, 1.82) is 0 Å². The maximum absolute atomic E-state index is 12.9. The minimum atomic E-state index is -4.49. The summed E-state index contributed by atoms with van der Waals surface area (Å²) in [7, 11) is 0. The molecule has 0 saturated carbocycles. The van der Waals surface area contributed by atoms with Gasteiger partial charge >= 0.3 is 18.2 Å². The average molecular weight is 872 g/mol. The maximum atomic E-state index is 12.9. The highest BCUT2D eigenvalue weighted by atomic mass is 35.5. The zero-order valence-electron chi connectivity index (χ0n) is 33.4. The van der Waals surface area contributed by atoms with E-state index in [2.05, 4.69) is 46.9 Å². The van der Waals surface area contributed by atoms with Gasteiger partial charge in [0.15, 0.2) is 11.5 Å². The third-order valence-corrected chi connectivity index (χ3v) is 9.29. The predicted molar refractivity (Wildman–Crippen MR) is 239 cm³/mol. The number of pyridine rings is 1. The van der Waals surface area contributed by atoms with E-state index in [0.717, 1.165) is 40.1 Å². The SMILES string of the molecule is Cc1ccc(NC(=O)Nc2ccc(Cl)cc2)cc1Nc1ncc(-c2cccnc2)o1.Cc1ccc(NC(=O)Nc2cccc(C(F)(F)F)c2)cc1Nc1ncc(-c2ccccc2)o1. The van der Waals surface area contributed by atoms with Crippen LogP contribution in [-0.2, 0) is 6.18 Å². The van der Waals surface area contributed by atoms with Gasteiger partial charge in [0.25, 0.3) is 12.0 Å². The van der Waals surface area contributed by atoms with E-state index in [1.807, 2.05) is 74.5 Å². The summed E-state index contributed by atoms with van der Waals surface area (Å²) < 4.78 is 50.1. The van der Waals surface area contributed by atoms with Gasteiger partial charge in [-0.2, -0.15) is 13.2 Å². The number of carbonyl (C=O) groups is 2. The molecule has 8 aromatic rings. The van der Waals surface area contributed by atoms with Crippen molar-refractivity contribution in [3.05, 3.63) is 174 Å². The monoisotopic (exact) mass is 871 g/mol. The van der Waals surface area contributed by atoms with Crippen LogP contribution in [-0.4, -0.2) is 27.0 Å². The maximum Gasteiger partial charge on any atom is 0.416 e. The molecule has 6 N–H and O–H groups in total. The first-order chi connectivity index (χ1) is 30.3. The lowest BCUT2D eigenvalue weighted by molar-refractivity contribution is -0.137. The number of halogens is 4. The molecule has 17 heteroatoms. The van der Waals surface area contributed by atoms with Crippen LogP contribution >= 0.6 is 11.6 Å². The van der Waals surface area contributed by atoms with Gasteiger partial charge in [0.05, 0.1) is 18.0 Å². The fraction of sp³-hybridized carbons (Fsp3) is 0.0652. The highest BCUT2D eigenvalue weighted by molar-refractivity contribution is 6.30. The molecule has 63 heavy (non-hydrogen) atoms. The molecule has 0 unspecified atom stereocenters. The first-order valence-electron chi connectivity index (χ1n) is 19.1. The molecule has 0 bridgehead atoms. The molecule has 4 amide bonds. The number of oxazole rings is 2. The second kappa shape index (κ2) is 19.5. The summed E-state index contributed by atoms with van der Waals surface area (Å²) in [5, 5.41) is 17.4. The molecule has 0 radical (unpaired) electrons. The number of anilines is 8. The molecule has 13 nitrogen and oxygen atoms in total. The second-order valence-corrected chi connectivity index (χ2v) is 14.2. The molecule has 3 aromatic heterocycles. The summed E-state index contributed by atoms with van der Waals surface area (Å²) in [4.78, 5) is 37.2. The molecule has 0 aliphatic rings. The zero-order chi connectivity index (χ0) is 44.3. The molecule has 0 saturated heterocycles. The molecule has 0 aliphatic heterocycles. The van der Waals surface area contributed by atoms with E-state index in [1.54, 1.807) is 67.3 Å². The van der Waals surface area contributed by atoms with Gasteiger partial charge in [-0.15, -0.1) is 0 Å². The third kappa shape index (κ3) is 12.0. The van der Waals surface area contributed by atoms with Gasteiger partial charge in [-0.1, -0.05) is 60.1 Å². The van der Waals surface area contributed by atoms with Crippen molar-refractivity contribution in [3.63, 3.8) is 0 Å². The lowest BCUT2D eigenvalue weighted by Gasteiger charge is -2.12. The van der Waals surface area contributed by atoms with Gasteiger partial charge in [-0.25, -0.2) is 19.6 Å². The predicted octanol–water partition coefficient (Wildman–Crippen LogP) is 13.1. The van der Waals surface area contributed by atoms with E-state index in [0.29, 0.717) is 45.3 Å². The van der Waals surface area contributed by atoms with Crippen molar-refractivity contribution < 1.29 is 31.6 Å². The Kier molecular flexibility index (Phi) is 13.3. The van der Waals surface area contributed by atoms with Crippen LogP contribution in [0.2, 0.25) is 5.02 Å². The molecule has 0 spiro atoms. The van der Waals surface area contributed by atoms with Crippen molar-refractivity contribution in [2.75, 3.05) is 31.9 Å². The highest BCUT2D eigenvalue weighted by Crippen LogP contribution is 2.32. The van der Waals surface area contributed by atoms with Crippen LogP contribution in [0.3, 0.4) is 0 Å². The minimum Gasteiger partial charge on any atom is -0.423 e. The Morgan fingerprint density at radius 3 is 1.60 bits per heavy atom. The van der Waals surface area contributed by atoms with E-state index in [9.17, 15) is 22.8 Å². The Bertz CT molecular complexity index is 2820. The van der Waals surface area contributed by atoms with E-state index in [1.165, 1.54) is 12.1 Å². The van der Waals surface area contributed by atoms with Crippen LogP contribution < -0.4 is 31.9 Å². The van der Waals surface area contributed by atoms with Crippen LogP contribution in [0.1, 0.15) is 16.7 Å². The first-order valence-corrected chi connectivity index (χ1v) is 19.4. The molecule has 5 aromatic carbocycles. The van der Waals surface area contributed by atoms with Gasteiger partial charge in [0, 0.05) is 62.7 Å².